The highest BCUT2D eigenvalue weighted by Crippen LogP contribution is 2.42. The third kappa shape index (κ3) is 8.15. The summed E-state index contributed by atoms with van der Waals surface area (Å²) in [4.78, 5) is 0. The number of hydrogen-bond acceptors (Lipinski definition) is 1. The third-order valence-corrected chi connectivity index (χ3v) is 7.23. The first kappa shape index (κ1) is 20.8. The van der Waals surface area contributed by atoms with Crippen LogP contribution in [-0.4, -0.2) is 0 Å². The van der Waals surface area contributed by atoms with Crippen LogP contribution in [0.4, 0.5) is 0 Å². The van der Waals surface area contributed by atoms with Crippen molar-refractivity contribution in [2.24, 2.45) is 23.7 Å². The number of hydrogen-bond donors (Lipinski definition) is 0. The molecule has 144 valence electrons. The summed E-state index contributed by atoms with van der Waals surface area (Å²) in [5.74, 6) is 3.37. The van der Waals surface area contributed by atoms with E-state index in [1.165, 1.54) is 116 Å². The van der Waals surface area contributed by atoms with Crippen molar-refractivity contribution in [1.29, 1.82) is 5.26 Å². The lowest BCUT2D eigenvalue weighted by Crippen LogP contribution is -2.25. The smallest absolute Gasteiger partial charge is 0.0655 e. The highest BCUT2D eigenvalue weighted by Gasteiger charge is 2.30. The van der Waals surface area contributed by atoms with Crippen molar-refractivity contribution < 1.29 is 0 Å². The molecule has 0 unspecified atom stereocenters. The molecule has 25 heavy (non-hydrogen) atoms. The van der Waals surface area contributed by atoms with Crippen LogP contribution in [0.1, 0.15) is 122 Å². The summed E-state index contributed by atoms with van der Waals surface area (Å²) in [6, 6.07) is 2.48. The molecule has 0 atom stereocenters. The zero-order chi connectivity index (χ0) is 17.7. The minimum absolute atomic E-state index is 0.374. The molecular formula is C24H43N. The minimum Gasteiger partial charge on any atom is -0.198 e. The van der Waals surface area contributed by atoms with Gasteiger partial charge in [-0.25, -0.2) is 0 Å². The van der Waals surface area contributed by atoms with Crippen LogP contribution in [0.25, 0.3) is 0 Å². The van der Waals surface area contributed by atoms with Crippen molar-refractivity contribution >= 4 is 0 Å². The van der Waals surface area contributed by atoms with Crippen molar-refractivity contribution in [2.75, 3.05) is 0 Å². The molecule has 2 saturated carbocycles. The zero-order valence-corrected chi connectivity index (χ0v) is 17.0. The van der Waals surface area contributed by atoms with E-state index >= 15 is 0 Å². The van der Waals surface area contributed by atoms with Gasteiger partial charge in [-0.2, -0.15) is 5.26 Å². The largest absolute Gasteiger partial charge is 0.198 e. The Kier molecular flexibility index (Phi) is 10.6. The second kappa shape index (κ2) is 12.8. The second-order valence-corrected chi connectivity index (χ2v) is 9.14. The first-order valence-electron chi connectivity index (χ1n) is 11.7. The Morgan fingerprint density at radius 1 is 0.640 bits per heavy atom. The molecule has 1 heteroatoms. The second-order valence-electron chi connectivity index (χ2n) is 9.14. The average Bonchev–Trinajstić information content (AvgIpc) is 2.67. The fourth-order valence-electron chi connectivity index (χ4n) is 5.41. The van der Waals surface area contributed by atoms with Crippen LogP contribution in [-0.2, 0) is 0 Å². The summed E-state index contributed by atoms with van der Waals surface area (Å²) < 4.78 is 0. The van der Waals surface area contributed by atoms with Crippen molar-refractivity contribution in [3.8, 4) is 6.07 Å². The van der Waals surface area contributed by atoms with E-state index in [0.29, 0.717) is 5.92 Å². The lowest BCUT2D eigenvalue weighted by molar-refractivity contribution is 0.152. The van der Waals surface area contributed by atoms with Gasteiger partial charge in [-0.1, -0.05) is 84.0 Å². The molecule has 0 amide bonds. The van der Waals surface area contributed by atoms with Crippen LogP contribution >= 0.6 is 0 Å². The molecule has 0 spiro atoms. The van der Waals surface area contributed by atoms with Crippen LogP contribution in [0.2, 0.25) is 0 Å². The van der Waals surface area contributed by atoms with Gasteiger partial charge in [0.25, 0.3) is 0 Å². The summed E-state index contributed by atoms with van der Waals surface area (Å²) >= 11 is 0. The van der Waals surface area contributed by atoms with E-state index in [0.717, 1.165) is 17.8 Å². The van der Waals surface area contributed by atoms with Gasteiger partial charge in [0.1, 0.15) is 0 Å². The first-order valence-corrected chi connectivity index (χ1v) is 11.7. The molecule has 0 aromatic heterocycles. The van der Waals surface area contributed by atoms with Gasteiger partial charge in [0.2, 0.25) is 0 Å². The van der Waals surface area contributed by atoms with Gasteiger partial charge < -0.3 is 0 Å². The number of nitrogens with zero attached hydrogens (tertiary/aromatic N) is 1. The summed E-state index contributed by atoms with van der Waals surface area (Å²) in [5.41, 5.74) is 0. The van der Waals surface area contributed by atoms with Gasteiger partial charge in [-0.15, -0.1) is 0 Å². The van der Waals surface area contributed by atoms with Gasteiger partial charge in [-0.05, 0) is 56.3 Å². The van der Waals surface area contributed by atoms with Crippen molar-refractivity contribution in [3.05, 3.63) is 0 Å². The lowest BCUT2D eigenvalue weighted by Gasteiger charge is -2.36. The fourth-order valence-corrected chi connectivity index (χ4v) is 5.41. The van der Waals surface area contributed by atoms with E-state index in [9.17, 15) is 0 Å². The fraction of sp³-hybridized carbons (Fsp3) is 0.958. The van der Waals surface area contributed by atoms with E-state index in [1.807, 2.05) is 0 Å². The highest BCUT2D eigenvalue weighted by molar-refractivity contribution is 4.89. The summed E-state index contributed by atoms with van der Waals surface area (Å²) in [6.07, 6.45) is 25.6. The van der Waals surface area contributed by atoms with E-state index < -0.39 is 0 Å². The molecule has 0 aromatic carbocycles. The molecule has 0 aliphatic heterocycles. The monoisotopic (exact) mass is 345 g/mol. The highest BCUT2D eigenvalue weighted by atomic mass is 14.4. The van der Waals surface area contributed by atoms with Crippen LogP contribution in [0, 0.1) is 35.0 Å². The molecule has 0 heterocycles. The minimum atomic E-state index is 0.374. The maximum absolute atomic E-state index is 9.06. The molecule has 0 saturated heterocycles. The zero-order valence-electron chi connectivity index (χ0n) is 17.0. The van der Waals surface area contributed by atoms with Gasteiger partial charge >= 0.3 is 0 Å². The number of unbranched alkanes of at least 4 members (excludes halogenated alkanes) is 8. The maximum atomic E-state index is 9.06. The predicted octanol–water partition coefficient (Wildman–Crippen LogP) is 8.04. The predicted molar refractivity (Wildman–Crippen MR) is 108 cm³/mol. The van der Waals surface area contributed by atoms with E-state index in [4.69, 9.17) is 5.26 Å². The SMILES string of the molecule is CCCCCCCCCCCC1CCC(C2CCC(C#N)CC2)CC1. The maximum Gasteiger partial charge on any atom is 0.0655 e. The van der Waals surface area contributed by atoms with Gasteiger partial charge in [0, 0.05) is 5.92 Å². The summed E-state index contributed by atoms with van der Waals surface area (Å²) in [5, 5.41) is 9.06. The van der Waals surface area contributed by atoms with E-state index in [2.05, 4.69) is 13.0 Å². The third-order valence-electron chi connectivity index (χ3n) is 7.23. The Hall–Kier alpha value is -0.510. The van der Waals surface area contributed by atoms with Crippen LogP contribution in [0.15, 0.2) is 0 Å². The average molecular weight is 346 g/mol. The summed E-state index contributed by atoms with van der Waals surface area (Å²) in [6.45, 7) is 2.30. The van der Waals surface area contributed by atoms with Crippen LogP contribution in [0.5, 0.6) is 0 Å². The lowest BCUT2D eigenvalue weighted by atomic mass is 9.69. The van der Waals surface area contributed by atoms with E-state index in [1.54, 1.807) is 0 Å². The van der Waals surface area contributed by atoms with Gasteiger partial charge in [0.15, 0.2) is 0 Å². The summed E-state index contributed by atoms with van der Waals surface area (Å²) in [7, 11) is 0. The van der Waals surface area contributed by atoms with Gasteiger partial charge in [0.05, 0.1) is 6.07 Å². The topological polar surface area (TPSA) is 23.8 Å². The molecule has 0 N–H and O–H groups in total. The normalized spacial score (nSPS) is 30.1. The molecule has 2 aliphatic rings. The Morgan fingerprint density at radius 3 is 1.64 bits per heavy atom. The molecular weight excluding hydrogens is 302 g/mol. The van der Waals surface area contributed by atoms with Crippen molar-refractivity contribution in [2.45, 2.75) is 122 Å². The molecule has 2 fully saturated rings. The Labute approximate surface area is 158 Å². The van der Waals surface area contributed by atoms with Crippen molar-refractivity contribution in [3.63, 3.8) is 0 Å². The Bertz CT molecular complexity index is 353. The number of rotatable bonds is 11. The molecule has 2 rings (SSSR count). The Balaban J connectivity index is 1.44. The molecule has 0 aromatic rings. The quantitative estimate of drug-likeness (QED) is 0.347. The van der Waals surface area contributed by atoms with Crippen LogP contribution < -0.4 is 0 Å². The first-order chi connectivity index (χ1) is 12.3. The number of nitriles is 1. The standard InChI is InChI=1S/C24H43N/c1-2-3-4-5-6-7-8-9-10-11-21-12-16-23(17-13-21)24-18-14-22(20-25)15-19-24/h21-24H,2-19H2,1H3. The molecule has 1 nitrogen and oxygen atoms in total. The Morgan fingerprint density at radius 2 is 1.12 bits per heavy atom. The van der Waals surface area contributed by atoms with Gasteiger partial charge in [-0.3, -0.25) is 0 Å². The molecule has 0 bridgehead atoms. The molecule has 0 radical (unpaired) electrons. The van der Waals surface area contributed by atoms with Crippen LogP contribution in [0.3, 0.4) is 0 Å². The molecule has 2 aliphatic carbocycles. The van der Waals surface area contributed by atoms with E-state index in [-0.39, 0.29) is 0 Å². The van der Waals surface area contributed by atoms with Crippen molar-refractivity contribution in [1.82, 2.24) is 0 Å².